The van der Waals surface area contributed by atoms with E-state index in [0.717, 1.165) is 0 Å². The Hall–Kier alpha value is 5.25. The summed E-state index contributed by atoms with van der Waals surface area (Å²) in [5.41, 5.74) is 0. The molecule has 0 aromatic rings. The molecular formula is H3CaClKMgNaO4PS+3. The summed E-state index contributed by atoms with van der Waals surface area (Å²) in [5, 5.41) is 0. The van der Waals surface area contributed by atoms with Crippen LogP contribution in [0.2, 0.25) is 0 Å². The maximum atomic E-state index is 8.52. The van der Waals surface area contributed by atoms with Gasteiger partial charge >= 0.3 is 142 Å². The molecule has 0 spiro atoms. The van der Waals surface area contributed by atoms with Crippen molar-refractivity contribution in [1.29, 1.82) is 0 Å². The average molecular weight is 292 g/mol. The van der Waals surface area contributed by atoms with Crippen LogP contribution in [-0.4, -0.2) is 78.3 Å². The van der Waals surface area contributed by atoms with Crippen LogP contribution in [0.25, 0.3) is 0 Å². The van der Waals surface area contributed by atoms with Crippen LogP contribution in [-0.2, 0) is 10.4 Å². The monoisotopic (exact) mass is 291 g/mol. The average Bonchev–Trinajstić information content (AvgIpc) is 0.722. The second kappa shape index (κ2) is 24.5. The Labute approximate surface area is 187 Å². The number of rotatable bonds is 0. The predicted molar refractivity (Wildman–Crippen MR) is 33.1 cm³/mol. The van der Waals surface area contributed by atoms with Crippen LogP contribution < -0.4 is 93.3 Å². The van der Waals surface area contributed by atoms with Crippen molar-refractivity contribution in [2.24, 2.45) is 0 Å². The molecule has 0 aromatic carbocycles. The van der Waals surface area contributed by atoms with Gasteiger partial charge in [0.2, 0.25) is 0 Å². The smallest absolute Gasteiger partial charge is 1.00 e. The molecule has 0 saturated heterocycles. The molecule has 0 saturated carbocycles. The zero-order chi connectivity index (χ0) is 4.50. The van der Waals surface area contributed by atoms with Crippen LogP contribution in [0.3, 0.4) is 0 Å². The molecule has 0 radical (unpaired) electrons. The fraction of sp³-hybridized carbons (Fsp3) is 0. The fourth-order valence-electron chi connectivity index (χ4n) is 0. The van der Waals surface area contributed by atoms with Crippen molar-refractivity contribution < 1.29 is 111 Å². The van der Waals surface area contributed by atoms with Gasteiger partial charge in [-0.25, -0.2) is 0 Å². The van der Waals surface area contributed by atoms with E-state index in [1.807, 2.05) is 0 Å². The zero-order valence-electron chi connectivity index (χ0n) is 6.54. The van der Waals surface area contributed by atoms with Crippen LogP contribution in [0.1, 0.15) is 0 Å². The molecule has 0 N–H and O–H groups in total. The van der Waals surface area contributed by atoms with Crippen LogP contribution in [0.4, 0.5) is 0 Å². The molecule has 4 nitrogen and oxygen atoms in total. The Morgan fingerprint density at radius 3 is 1.09 bits per heavy atom. The topological polar surface area (TPSA) is 80.3 Å². The third kappa shape index (κ3) is 97.1. The van der Waals surface area contributed by atoms with Crippen molar-refractivity contribution in [3.8, 4) is 0 Å². The minimum Gasteiger partial charge on any atom is -1.00 e. The molecule has 0 aliphatic rings. The Morgan fingerprint density at radius 2 is 1.09 bits per heavy atom. The SMILES string of the molecule is O=S(=O)([O-])[O-].P.[Ca+2].[Cl-].[K+].[Mg+2].[Na+]. The molecule has 0 aliphatic heterocycles. The molecule has 0 amide bonds. The predicted octanol–water partition coefficient (Wildman–Crippen LogP) is -11.0. The van der Waals surface area contributed by atoms with Gasteiger partial charge in [-0.1, -0.05) is 0 Å². The van der Waals surface area contributed by atoms with E-state index in [1.165, 1.54) is 0 Å². The molecule has 0 aliphatic carbocycles. The molecule has 0 heterocycles. The Kier molecular flexibility index (Phi) is 98.2. The first kappa shape index (κ1) is 44.2. The van der Waals surface area contributed by atoms with E-state index in [1.54, 1.807) is 0 Å². The first-order valence-corrected chi connectivity index (χ1v) is 2.00. The number of hydrogen-bond acceptors (Lipinski definition) is 4. The van der Waals surface area contributed by atoms with Crippen LogP contribution >= 0.6 is 9.90 Å². The van der Waals surface area contributed by atoms with Crippen molar-refractivity contribution in [2.75, 3.05) is 0 Å². The minimum absolute atomic E-state index is 0. The number of hydrogen-bond donors (Lipinski definition) is 0. The molecule has 11 heteroatoms. The molecule has 0 rings (SSSR count). The summed E-state index contributed by atoms with van der Waals surface area (Å²) in [6, 6.07) is 0. The summed E-state index contributed by atoms with van der Waals surface area (Å²) in [6.45, 7) is 0. The van der Waals surface area contributed by atoms with E-state index in [-0.39, 0.29) is 164 Å². The second-order valence-corrected chi connectivity index (χ2v) is 1.22. The molecule has 0 fully saturated rings. The Bertz CT molecular complexity index is 113. The van der Waals surface area contributed by atoms with Crippen molar-refractivity contribution in [1.82, 2.24) is 0 Å². The molecule has 1 unspecified atom stereocenters. The summed E-state index contributed by atoms with van der Waals surface area (Å²) in [6.07, 6.45) is 0. The maximum absolute atomic E-state index is 8.52. The summed E-state index contributed by atoms with van der Waals surface area (Å²) in [7, 11) is -5.17. The third-order valence-corrected chi connectivity index (χ3v) is 0. The first-order valence-electron chi connectivity index (χ1n) is 0.667. The Morgan fingerprint density at radius 1 is 1.09 bits per heavy atom. The fourth-order valence-corrected chi connectivity index (χ4v) is 0. The third-order valence-electron chi connectivity index (χ3n) is 0. The zero-order valence-corrected chi connectivity index (χ0v) is 18.3. The standard InChI is InChI=1S/Ca.ClH.K.Mg.Na.H2O4S.H3P/c;;;;;1-5(2,3)4;/h;1H;;;;(H2,1,2,3,4);1H3/q+2;;+1;+2;+1;;/p-3. The van der Waals surface area contributed by atoms with Gasteiger partial charge in [-0.05, 0) is 0 Å². The van der Waals surface area contributed by atoms with E-state index in [2.05, 4.69) is 0 Å². The van der Waals surface area contributed by atoms with Crippen molar-refractivity contribution >= 4 is 81.1 Å². The molecule has 1 atom stereocenters. The summed E-state index contributed by atoms with van der Waals surface area (Å²) in [5.74, 6) is 0. The maximum Gasteiger partial charge on any atom is 2.00 e. The van der Waals surface area contributed by atoms with Gasteiger partial charge in [0, 0.05) is 10.4 Å². The first-order chi connectivity index (χ1) is 2.00. The van der Waals surface area contributed by atoms with E-state index in [9.17, 15) is 0 Å². The normalized spacial score (nSPS) is 5.27. The van der Waals surface area contributed by atoms with Crippen LogP contribution in [0.5, 0.6) is 0 Å². The molecular weight excluding hydrogens is 289 g/mol. The summed E-state index contributed by atoms with van der Waals surface area (Å²) in [4.78, 5) is 0. The van der Waals surface area contributed by atoms with Gasteiger partial charge in [-0.15, -0.1) is 0 Å². The van der Waals surface area contributed by atoms with Gasteiger partial charge in [0.15, 0.2) is 0 Å². The molecule has 11 heavy (non-hydrogen) atoms. The van der Waals surface area contributed by atoms with Crippen molar-refractivity contribution in [3.63, 3.8) is 0 Å². The van der Waals surface area contributed by atoms with Crippen molar-refractivity contribution in [2.45, 2.75) is 0 Å². The van der Waals surface area contributed by atoms with Gasteiger partial charge < -0.3 is 21.5 Å². The molecule has 48 valence electrons. The molecule has 0 bridgehead atoms. The molecule has 0 aromatic heterocycles. The van der Waals surface area contributed by atoms with Crippen LogP contribution in [0.15, 0.2) is 0 Å². The van der Waals surface area contributed by atoms with Crippen LogP contribution in [0, 0.1) is 0 Å². The Balaban J connectivity index is -0.00000000533. The quantitative estimate of drug-likeness (QED) is 0.192. The largest absolute Gasteiger partial charge is 2.00 e. The summed E-state index contributed by atoms with van der Waals surface area (Å²) < 4.78 is 34.1. The van der Waals surface area contributed by atoms with E-state index in [4.69, 9.17) is 17.5 Å². The van der Waals surface area contributed by atoms with Gasteiger partial charge in [-0.2, -0.15) is 9.90 Å². The van der Waals surface area contributed by atoms with Gasteiger partial charge in [-0.3, -0.25) is 8.42 Å². The van der Waals surface area contributed by atoms with Crippen molar-refractivity contribution in [3.05, 3.63) is 0 Å². The number of halogens is 1. The second-order valence-electron chi connectivity index (χ2n) is 0.408. The minimum atomic E-state index is -5.17. The van der Waals surface area contributed by atoms with Gasteiger partial charge in [0.1, 0.15) is 0 Å². The summed E-state index contributed by atoms with van der Waals surface area (Å²) >= 11 is 0. The van der Waals surface area contributed by atoms with Gasteiger partial charge in [0.25, 0.3) is 0 Å². The van der Waals surface area contributed by atoms with Gasteiger partial charge in [0.05, 0.1) is 0 Å². The van der Waals surface area contributed by atoms with E-state index >= 15 is 0 Å². The van der Waals surface area contributed by atoms with E-state index in [0.29, 0.717) is 0 Å². The van der Waals surface area contributed by atoms with E-state index < -0.39 is 10.4 Å².